The summed E-state index contributed by atoms with van der Waals surface area (Å²) in [6.07, 6.45) is 0. The molecule has 0 saturated heterocycles. The number of sulfonamides is 1. The zero-order chi connectivity index (χ0) is 25.2. The lowest BCUT2D eigenvalue weighted by Crippen LogP contribution is -2.29. The van der Waals surface area contributed by atoms with Gasteiger partial charge in [-0.2, -0.15) is 4.52 Å². The number of methoxy groups -OCH3 is 2. The van der Waals surface area contributed by atoms with Crippen LogP contribution >= 0.6 is 11.6 Å². The number of aryl methyl sites for hydroxylation is 2. The largest absolute Gasteiger partial charge is 0.497 e. The number of nitrogens with one attached hydrogen (secondary N) is 1. The van der Waals surface area contributed by atoms with Gasteiger partial charge in [0.25, 0.3) is 0 Å². The summed E-state index contributed by atoms with van der Waals surface area (Å²) in [6.45, 7) is 3.56. The second kappa shape index (κ2) is 10.1. The van der Waals surface area contributed by atoms with Crippen LogP contribution < -0.4 is 18.9 Å². The van der Waals surface area contributed by atoms with Crippen LogP contribution in [0.5, 0.6) is 17.4 Å². The van der Waals surface area contributed by atoms with Crippen molar-refractivity contribution in [2.75, 3.05) is 27.4 Å². The minimum absolute atomic E-state index is 0.0461. The molecule has 0 aliphatic heterocycles. The topological polar surface area (TPSA) is 117 Å². The maximum atomic E-state index is 12.7. The highest BCUT2D eigenvalue weighted by molar-refractivity contribution is 7.89. The number of fused-ring (bicyclic) bond motifs is 1. The van der Waals surface area contributed by atoms with Gasteiger partial charge < -0.3 is 14.2 Å². The van der Waals surface area contributed by atoms with Crippen molar-refractivity contribution in [2.45, 2.75) is 18.7 Å². The Morgan fingerprint density at radius 2 is 1.80 bits per heavy atom. The monoisotopic (exact) mass is 517 g/mol. The summed E-state index contributed by atoms with van der Waals surface area (Å²) in [5.74, 6) is 1.93. The Morgan fingerprint density at radius 1 is 1.00 bits per heavy atom. The normalized spacial score (nSPS) is 11.6. The Bertz CT molecular complexity index is 1490. The minimum Gasteiger partial charge on any atom is -0.497 e. The van der Waals surface area contributed by atoms with Crippen LogP contribution in [0.2, 0.25) is 5.02 Å². The van der Waals surface area contributed by atoms with Gasteiger partial charge in [-0.1, -0.05) is 11.6 Å². The summed E-state index contributed by atoms with van der Waals surface area (Å²) in [4.78, 5) is 0.182. The second-order valence-electron chi connectivity index (χ2n) is 7.64. The van der Waals surface area contributed by atoms with Crippen molar-refractivity contribution in [1.29, 1.82) is 0 Å². The molecule has 0 amide bonds. The van der Waals surface area contributed by atoms with Crippen LogP contribution in [-0.4, -0.2) is 55.6 Å². The average Bonchev–Trinajstić information content (AvgIpc) is 3.26. The summed E-state index contributed by atoms with van der Waals surface area (Å²) in [7, 11) is -0.599. The van der Waals surface area contributed by atoms with E-state index in [9.17, 15) is 8.42 Å². The molecule has 0 radical (unpaired) electrons. The number of hydrogen-bond donors (Lipinski definition) is 1. The first kappa shape index (κ1) is 24.7. The van der Waals surface area contributed by atoms with Crippen molar-refractivity contribution in [1.82, 2.24) is 24.5 Å². The number of halogens is 1. The summed E-state index contributed by atoms with van der Waals surface area (Å²) >= 11 is 6.08. The smallest absolute Gasteiger partial charge is 0.240 e. The Labute approximate surface area is 207 Å². The molecule has 184 valence electrons. The fourth-order valence-corrected chi connectivity index (χ4v) is 4.99. The summed E-state index contributed by atoms with van der Waals surface area (Å²) < 4.78 is 45.9. The van der Waals surface area contributed by atoms with Gasteiger partial charge in [0.15, 0.2) is 11.5 Å². The number of ether oxygens (including phenoxy) is 3. The summed E-state index contributed by atoms with van der Waals surface area (Å²) in [5.41, 5.74) is 2.44. The van der Waals surface area contributed by atoms with Crippen LogP contribution in [0.3, 0.4) is 0 Å². The van der Waals surface area contributed by atoms with E-state index in [0.717, 1.165) is 0 Å². The SMILES string of the molecule is COc1ccc(-c2nnc3ccc(OCCNS(=O)(=O)c4cc(C)c(Cl)cc4C)nn23)c(OC)c1. The van der Waals surface area contributed by atoms with Gasteiger partial charge in [0, 0.05) is 23.7 Å². The summed E-state index contributed by atoms with van der Waals surface area (Å²) in [6, 6.07) is 11.9. The molecule has 35 heavy (non-hydrogen) atoms. The first-order valence-electron chi connectivity index (χ1n) is 10.6. The van der Waals surface area contributed by atoms with Gasteiger partial charge in [-0.25, -0.2) is 13.1 Å². The maximum absolute atomic E-state index is 12.7. The van der Waals surface area contributed by atoms with E-state index in [4.69, 9.17) is 25.8 Å². The molecular formula is C23H24ClN5O5S. The fraction of sp³-hybridized carbons (Fsp3) is 0.261. The number of benzene rings is 2. The van der Waals surface area contributed by atoms with Crippen LogP contribution in [0, 0.1) is 13.8 Å². The molecule has 0 aliphatic carbocycles. The second-order valence-corrected chi connectivity index (χ2v) is 9.79. The minimum atomic E-state index is -3.72. The van der Waals surface area contributed by atoms with Crippen molar-refractivity contribution in [3.05, 3.63) is 58.6 Å². The highest BCUT2D eigenvalue weighted by atomic mass is 35.5. The molecule has 2 aromatic heterocycles. The number of hydrogen-bond acceptors (Lipinski definition) is 8. The lowest BCUT2D eigenvalue weighted by atomic mass is 10.2. The molecule has 12 heteroatoms. The molecule has 0 atom stereocenters. The Hall–Kier alpha value is -3.41. The van der Waals surface area contributed by atoms with Gasteiger partial charge in [-0.3, -0.25) is 0 Å². The molecule has 0 saturated carbocycles. The van der Waals surface area contributed by atoms with Crippen LogP contribution in [0.1, 0.15) is 11.1 Å². The third-order valence-electron chi connectivity index (χ3n) is 5.28. The van der Waals surface area contributed by atoms with Crippen molar-refractivity contribution in [3.63, 3.8) is 0 Å². The Balaban J connectivity index is 1.48. The standard InChI is InChI=1S/C23H24ClN5O5S/c1-14-12-20(15(2)11-18(14)24)35(30,31)25-9-10-34-22-8-7-21-26-27-23(29(21)28-22)17-6-5-16(32-3)13-19(17)33-4/h5-8,11-13,25H,9-10H2,1-4H3. The first-order chi connectivity index (χ1) is 16.7. The molecule has 10 nitrogen and oxygen atoms in total. The van der Waals surface area contributed by atoms with Gasteiger partial charge >= 0.3 is 0 Å². The van der Waals surface area contributed by atoms with Crippen LogP contribution in [-0.2, 0) is 10.0 Å². The highest BCUT2D eigenvalue weighted by Gasteiger charge is 2.18. The third kappa shape index (κ3) is 5.16. The molecule has 2 aromatic carbocycles. The van der Waals surface area contributed by atoms with E-state index in [2.05, 4.69) is 20.0 Å². The predicted octanol–water partition coefficient (Wildman–Crippen LogP) is 3.44. The molecule has 0 fully saturated rings. The fourth-order valence-electron chi connectivity index (χ4n) is 3.45. The van der Waals surface area contributed by atoms with Gasteiger partial charge in [0.05, 0.1) is 24.7 Å². The molecule has 4 aromatic rings. The van der Waals surface area contributed by atoms with Crippen LogP contribution in [0.25, 0.3) is 17.0 Å². The Morgan fingerprint density at radius 3 is 2.54 bits per heavy atom. The predicted molar refractivity (Wildman–Crippen MR) is 131 cm³/mol. The molecule has 0 spiro atoms. The average molecular weight is 518 g/mol. The van der Waals surface area contributed by atoms with Crippen molar-refractivity contribution in [3.8, 4) is 28.8 Å². The van der Waals surface area contributed by atoms with E-state index in [1.807, 2.05) is 0 Å². The van der Waals surface area contributed by atoms with E-state index < -0.39 is 10.0 Å². The Kier molecular flexibility index (Phi) is 7.10. The van der Waals surface area contributed by atoms with E-state index in [1.54, 1.807) is 70.5 Å². The van der Waals surface area contributed by atoms with E-state index >= 15 is 0 Å². The quantitative estimate of drug-likeness (QED) is 0.335. The van der Waals surface area contributed by atoms with Crippen molar-refractivity contribution >= 4 is 27.3 Å². The third-order valence-corrected chi connectivity index (χ3v) is 7.29. The van der Waals surface area contributed by atoms with Gasteiger partial charge in [-0.15, -0.1) is 15.3 Å². The lowest BCUT2D eigenvalue weighted by molar-refractivity contribution is 0.306. The number of nitrogens with zero attached hydrogens (tertiary/aromatic N) is 4. The summed E-state index contributed by atoms with van der Waals surface area (Å²) in [5, 5.41) is 13.3. The maximum Gasteiger partial charge on any atom is 0.240 e. The first-order valence-corrected chi connectivity index (χ1v) is 12.4. The van der Waals surface area contributed by atoms with Crippen LogP contribution in [0.15, 0.2) is 47.4 Å². The van der Waals surface area contributed by atoms with Crippen LogP contribution in [0.4, 0.5) is 0 Å². The molecular weight excluding hydrogens is 494 g/mol. The van der Waals surface area contributed by atoms with Crippen molar-refractivity contribution < 1.29 is 22.6 Å². The lowest BCUT2D eigenvalue weighted by Gasteiger charge is -2.12. The molecule has 0 unspecified atom stereocenters. The van der Waals surface area contributed by atoms with E-state index in [-0.39, 0.29) is 23.9 Å². The van der Waals surface area contributed by atoms with Crippen molar-refractivity contribution in [2.24, 2.45) is 0 Å². The molecule has 2 heterocycles. The van der Waals surface area contributed by atoms with Gasteiger partial charge in [0.2, 0.25) is 15.9 Å². The zero-order valence-electron chi connectivity index (χ0n) is 19.6. The number of aromatic nitrogens is 4. The molecule has 0 aliphatic rings. The van der Waals surface area contributed by atoms with Gasteiger partial charge in [-0.05, 0) is 55.3 Å². The molecule has 4 rings (SSSR count). The van der Waals surface area contributed by atoms with E-state index in [1.165, 1.54) is 4.52 Å². The van der Waals surface area contributed by atoms with E-state index in [0.29, 0.717) is 44.7 Å². The van der Waals surface area contributed by atoms with Gasteiger partial charge in [0.1, 0.15) is 18.1 Å². The zero-order valence-corrected chi connectivity index (χ0v) is 21.1. The number of rotatable bonds is 9. The molecule has 1 N–H and O–H groups in total. The highest BCUT2D eigenvalue weighted by Crippen LogP contribution is 2.32. The molecule has 0 bridgehead atoms.